The van der Waals surface area contributed by atoms with E-state index in [-0.39, 0.29) is 31.3 Å². The van der Waals surface area contributed by atoms with E-state index in [9.17, 15) is 14.4 Å². The zero-order valence-electron chi connectivity index (χ0n) is 19.7. The molecule has 3 amide bonds. The Balaban J connectivity index is 1.51. The molecule has 5 rings (SSSR count). The van der Waals surface area contributed by atoms with E-state index in [4.69, 9.17) is 4.11 Å². The molecule has 1 unspecified atom stereocenters. The van der Waals surface area contributed by atoms with Gasteiger partial charge in [0.15, 0.2) is 0 Å². The van der Waals surface area contributed by atoms with Gasteiger partial charge in [-0.05, 0) is 36.5 Å². The number of aryl methyl sites for hydroxylation is 1. The minimum atomic E-state index is -2.19. The van der Waals surface area contributed by atoms with Gasteiger partial charge in [-0.2, -0.15) is 5.10 Å². The summed E-state index contributed by atoms with van der Waals surface area (Å²) >= 11 is 0. The molecule has 1 aromatic heterocycles. The van der Waals surface area contributed by atoms with Crippen LogP contribution in [0.4, 0.5) is 0 Å². The van der Waals surface area contributed by atoms with Gasteiger partial charge in [0.25, 0.3) is 5.91 Å². The number of rotatable bonds is 4. The SMILES string of the molecule is [2H]C([2H])([2H])Cn1ncc(-c2ccc3c(c2)CN(C2CCC(=O)NC2=O)C3=O)c1-c1ccccc1. The van der Waals surface area contributed by atoms with Gasteiger partial charge in [-0.25, -0.2) is 0 Å². The highest BCUT2D eigenvalue weighted by Crippen LogP contribution is 2.35. The van der Waals surface area contributed by atoms with Crippen molar-refractivity contribution in [2.45, 2.75) is 38.8 Å². The minimum absolute atomic E-state index is 0.199. The van der Waals surface area contributed by atoms with Crippen molar-refractivity contribution in [1.29, 1.82) is 0 Å². The molecule has 7 nitrogen and oxygen atoms in total. The zero-order valence-corrected chi connectivity index (χ0v) is 16.7. The summed E-state index contributed by atoms with van der Waals surface area (Å²) in [6.45, 7) is -2.16. The van der Waals surface area contributed by atoms with Crippen LogP contribution in [0.25, 0.3) is 22.4 Å². The number of piperidine rings is 1. The summed E-state index contributed by atoms with van der Waals surface area (Å²) in [7, 11) is 0. The lowest BCUT2D eigenvalue weighted by atomic mass is 9.98. The summed E-state index contributed by atoms with van der Waals surface area (Å²) in [5.41, 5.74) is 4.36. The van der Waals surface area contributed by atoms with Crippen molar-refractivity contribution in [3.8, 4) is 22.4 Å². The van der Waals surface area contributed by atoms with Crippen molar-refractivity contribution in [3.63, 3.8) is 0 Å². The number of nitrogens with zero attached hydrogens (tertiary/aromatic N) is 3. The number of fused-ring (bicyclic) bond motifs is 1. The molecule has 2 aromatic carbocycles. The molecular formula is C24H22N4O3. The molecular weight excluding hydrogens is 392 g/mol. The van der Waals surface area contributed by atoms with E-state index in [1.54, 1.807) is 12.3 Å². The average molecular weight is 417 g/mol. The van der Waals surface area contributed by atoms with Crippen molar-refractivity contribution >= 4 is 17.7 Å². The predicted molar refractivity (Wildman–Crippen MR) is 115 cm³/mol. The van der Waals surface area contributed by atoms with Crippen LogP contribution in [0.15, 0.2) is 54.7 Å². The summed E-state index contributed by atoms with van der Waals surface area (Å²) in [5.74, 6) is -1.01. The number of carbonyl (C=O) groups is 3. The van der Waals surface area contributed by atoms with E-state index in [1.807, 2.05) is 42.5 Å². The first-order chi connectivity index (χ1) is 16.2. The molecule has 7 heteroatoms. The average Bonchev–Trinajstić information content (AvgIpc) is 3.34. The van der Waals surface area contributed by atoms with Crippen LogP contribution < -0.4 is 5.32 Å². The Kier molecular flexibility index (Phi) is 3.88. The molecule has 2 aliphatic heterocycles. The van der Waals surface area contributed by atoms with Gasteiger partial charge >= 0.3 is 0 Å². The molecule has 31 heavy (non-hydrogen) atoms. The van der Waals surface area contributed by atoms with Crippen LogP contribution in [-0.2, 0) is 22.7 Å². The third-order valence-electron chi connectivity index (χ3n) is 5.87. The molecule has 156 valence electrons. The minimum Gasteiger partial charge on any atom is -0.322 e. The quantitative estimate of drug-likeness (QED) is 0.662. The van der Waals surface area contributed by atoms with E-state index >= 15 is 0 Å². The maximum absolute atomic E-state index is 13.0. The standard InChI is InChI=1S/C24H22N4O3/c1-2-28-22(15-6-4-3-5-7-15)19(13-25-28)16-8-9-18-17(12-16)14-27(24(18)31)20-10-11-21(29)26-23(20)30/h3-9,12-13,20H,2,10-11,14H2,1H3,(H,26,29,30)/i1D3. The Morgan fingerprint density at radius 3 is 2.71 bits per heavy atom. The van der Waals surface area contributed by atoms with E-state index in [0.717, 1.165) is 22.3 Å². The van der Waals surface area contributed by atoms with Gasteiger partial charge in [0, 0.05) is 40.3 Å². The van der Waals surface area contributed by atoms with Crippen LogP contribution in [0.1, 0.15) is 39.7 Å². The van der Waals surface area contributed by atoms with Crippen LogP contribution in [0.3, 0.4) is 0 Å². The highest BCUT2D eigenvalue weighted by Gasteiger charge is 2.39. The fourth-order valence-corrected chi connectivity index (χ4v) is 4.36. The smallest absolute Gasteiger partial charge is 0.255 e. The van der Waals surface area contributed by atoms with Gasteiger partial charge in [0.05, 0.1) is 11.9 Å². The first-order valence-corrected chi connectivity index (χ1v) is 10.1. The Hall–Kier alpha value is -3.74. The highest BCUT2D eigenvalue weighted by atomic mass is 16.2. The molecule has 1 fully saturated rings. The molecule has 3 aromatic rings. The third kappa shape index (κ3) is 3.22. The fraction of sp³-hybridized carbons (Fsp3) is 0.250. The Labute approximate surface area is 183 Å². The second-order valence-corrected chi connectivity index (χ2v) is 7.70. The van der Waals surface area contributed by atoms with E-state index in [2.05, 4.69) is 10.4 Å². The molecule has 3 heterocycles. The van der Waals surface area contributed by atoms with Crippen LogP contribution in [0, 0.1) is 0 Å². The molecule has 1 saturated heterocycles. The normalized spacial score (nSPS) is 20.1. The number of amides is 3. The van der Waals surface area contributed by atoms with Gasteiger partial charge in [-0.1, -0.05) is 36.4 Å². The summed E-state index contributed by atoms with van der Waals surface area (Å²) in [4.78, 5) is 38.3. The summed E-state index contributed by atoms with van der Waals surface area (Å²) < 4.78 is 24.6. The highest BCUT2D eigenvalue weighted by molar-refractivity contribution is 6.05. The maximum atomic E-state index is 13.0. The molecule has 0 spiro atoms. The molecule has 0 bridgehead atoms. The number of hydrogen-bond acceptors (Lipinski definition) is 4. The van der Waals surface area contributed by atoms with Crippen molar-refractivity contribution in [2.75, 3.05) is 0 Å². The van der Waals surface area contributed by atoms with Gasteiger partial charge in [0.1, 0.15) is 6.04 Å². The lowest BCUT2D eigenvalue weighted by molar-refractivity contribution is -0.136. The van der Waals surface area contributed by atoms with Crippen molar-refractivity contribution in [3.05, 3.63) is 65.9 Å². The number of hydrogen-bond donors (Lipinski definition) is 1. The number of carbonyl (C=O) groups excluding carboxylic acids is 3. The van der Waals surface area contributed by atoms with E-state index in [1.165, 1.54) is 9.58 Å². The molecule has 0 radical (unpaired) electrons. The lowest BCUT2D eigenvalue weighted by Crippen LogP contribution is -2.52. The maximum Gasteiger partial charge on any atom is 0.255 e. The largest absolute Gasteiger partial charge is 0.322 e. The molecule has 1 N–H and O–H groups in total. The molecule has 0 aliphatic carbocycles. The molecule has 0 saturated carbocycles. The summed E-state index contributed by atoms with van der Waals surface area (Å²) in [5, 5.41) is 6.67. The Bertz CT molecular complexity index is 1300. The van der Waals surface area contributed by atoms with Gasteiger partial charge < -0.3 is 4.90 Å². The third-order valence-corrected chi connectivity index (χ3v) is 5.87. The van der Waals surface area contributed by atoms with Crippen molar-refractivity contribution in [2.24, 2.45) is 0 Å². The van der Waals surface area contributed by atoms with Crippen LogP contribution in [0.2, 0.25) is 0 Å². The summed E-state index contributed by atoms with van der Waals surface area (Å²) in [6, 6.07) is 14.2. The summed E-state index contributed by atoms with van der Waals surface area (Å²) in [6.07, 6.45) is 2.15. The Morgan fingerprint density at radius 1 is 1.10 bits per heavy atom. The van der Waals surface area contributed by atoms with Gasteiger partial charge in [-0.15, -0.1) is 0 Å². The monoisotopic (exact) mass is 417 g/mol. The topological polar surface area (TPSA) is 84.3 Å². The number of benzene rings is 2. The number of nitrogens with one attached hydrogen (secondary N) is 1. The van der Waals surface area contributed by atoms with E-state index < -0.39 is 18.8 Å². The number of imide groups is 1. The van der Waals surface area contributed by atoms with Crippen molar-refractivity contribution in [1.82, 2.24) is 20.0 Å². The van der Waals surface area contributed by atoms with Crippen molar-refractivity contribution < 1.29 is 18.5 Å². The van der Waals surface area contributed by atoms with Crippen LogP contribution in [0.5, 0.6) is 0 Å². The zero-order chi connectivity index (χ0) is 24.0. The second-order valence-electron chi connectivity index (χ2n) is 7.70. The Morgan fingerprint density at radius 2 is 1.94 bits per heavy atom. The second kappa shape index (κ2) is 7.50. The number of aromatic nitrogens is 2. The fourth-order valence-electron chi connectivity index (χ4n) is 4.36. The first-order valence-electron chi connectivity index (χ1n) is 11.6. The molecule has 2 aliphatic rings. The first kappa shape index (κ1) is 16.0. The van der Waals surface area contributed by atoms with Gasteiger partial charge in [0.2, 0.25) is 11.8 Å². The van der Waals surface area contributed by atoms with E-state index in [0.29, 0.717) is 17.7 Å². The van der Waals surface area contributed by atoms with Crippen LogP contribution in [-0.4, -0.2) is 38.4 Å². The van der Waals surface area contributed by atoms with Crippen LogP contribution >= 0.6 is 0 Å². The predicted octanol–water partition coefficient (Wildman–Crippen LogP) is 3.00. The lowest BCUT2D eigenvalue weighted by Gasteiger charge is -2.29. The molecule has 1 atom stereocenters. The van der Waals surface area contributed by atoms with Gasteiger partial charge in [-0.3, -0.25) is 24.4 Å².